The molecule has 9 nitrogen and oxygen atoms in total. The van der Waals surface area contributed by atoms with E-state index in [4.69, 9.17) is 16.3 Å². The fraction of sp³-hybridized carbons (Fsp3) is 0.308. The number of likely N-dealkylation sites (N-methyl/N-ethyl adjacent to an activating group) is 1. The van der Waals surface area contributed by atoms with Gasteiger partial charge >= 0.3 is 0 Å². The van der Waals surface area contributed by atoms with Crippen molar-refractivity contribution in [3.63, 3.8) is 0 Å². The Morgan fingerprint density at radius 3 is 2.63 bits per heavy atom. The maximum atomic E-state index is 12.7. The Balaban J connectivity index is 1.34. The molecule has 5 N–H and O–H groups in total. The number of carbonyl (C=O) groups excluding carboxylic acids is 1. The van der Waals surface area contributed by atoms with Crippen LogP contribution in [0.3, 0.4) is 0 Å². The molecule has 9 heteroatoms. The number of aromatic nitrogens is 2. The topological polar surface area (TPSA) is 117 Å². The Labute approximate surface area is 204 Å². The first-order chi connectivity index (χ1) is 17.0. The lowest BCUT2D eigenvalue weighted by atomic mass is 9.98. The number of morpholine rings is 1. The number of H-pyrrole nitrogens is 1. The van der Waals surface area contributed by atoms with Gasteiger partial charge in [0.05, 0.1) is 30.1 Å². The molecule has 0 radical (unpaired) electrons. The van der Waals surface area contributed by atoms with Crippen LogP contribution < -0.4 is 16.6 Å². The van der Waals surface area contributed by atoms with Crippen molar-refractivity contribution in [3.8, 4) is 0 Å². The Hall–Kier alpha value is -3.66. The summed E-state index contributed by atoms with van der Waals surface area (Å²) >= 11 is 0. The summed E-state index contributed by atoms with van der Waals surface area (Å²) in [6.07, 6.45) is 4.94. The van der Waals surface area contributed by atoms with Gasteiger partial charge in [0.25, 0.3) is 5.91 Å². The quantitative estimate of drug-likeness (QED) is 0.385. The average Bonchev–Trinajstić information content (AvgIpc) is 3.33. The smallest absolute Gasteiger partial charge is 0.254 e. The number of carbonyl (C=O) groups is 1. The number of ether oxygens (including phenoxy) is 1. The summed E-state index contributed by atoms with van der Waals surface area (Å²) in [5.74, 6) is 6.29. The number of anilines is 1. The number of nitrogens with one attached hydrogen (secondary N) is 1. The van der Waals surface area contributed by atoms with Gasteiger partial charge in [-0.15, -0.1) is 0 Å². The maximum absolute atomic E-state index is 12.7. The van der Waals surface area contributed by atoms with Crippen molar-refractivity contribution in [1.82, 2.24) is 20.0 Å². The second-order valence-electron chi connectivity index (χ2n) is 9.02. The Kier molecular flexibility index (Phi) is 6.54. The van der Waals surface area contributed by atoms with E-state index in [1.807, 2.05) is 18.2 Å². The highest BCUT2D eigenvalue weighted by Gasteiger charge is 2.19. The van der Waals surface area contributed by atoms with Gasteiger partial charge in [-0.2, -0.15) is 5.10 Å². The summed E-state index contributed by atoms with van der Waals surface area (Å²) in [6, 6.07) is 13.5. The van der Waals surface area contributed by atoms with Crippen molar-refractivity contribution < 1.29 is 9.53 Å². The van der Waals surface area contributed by atoms with Gasteiger partial charge in [0, 0.05) is 43.3 Å². The first kappa shape index (κ1) is 23.1. The molecule has 2 aliphatic rings. The second kappa shape index (κ2) is 9.91. The predicted octanol–water partition coefficient (Wildman–Crippen LogP) is 2.39. The fourth-order valence-electron chi connectivity index (χ4n) is 4.48. The number of nitrogens with two attached hydrogens (primary N) is 2. The lowest BCUT2D eigenvalue weighted by molar-refractivity contribution is 0.0303. The Morgan fingerprint density at radius 2 is 1.91 bits per heavy atom. The van der Waals surface area contributed by atoms with Crippen LogP contribution in [0.2, 0.25) is 0 Å². The molecule has 1 fully saturated rings. The minimum atomic E-state index is -0.00278. The van der Waals surface area contributed by atoms with E-state index in [-0.39, 0.29) is 5.91 Å². The molecule has 0 spiro atoms. The summed E-state index contributed by atoms with van der Waals surface area (Å²) in [5, 5.41) is 9.90. The minimum Gasteiger partial charge on any atom is -0.396 e. The van der Waals surface area contributed by atoms with Crippen molar-refractivity contribution in [2.24, 2.45) is 11.6 Å². The molecule has 0 atom stereocenters. The summed E-state index contributed by atoms with van der Waals surface area (Å²) in [6.45, 7) is 4.36. The molecule has 0 unspecified atom stereocenters. The van der Waals surface area contributed by atoms with Gasteiger partial charge in [0.15, 0.2) is 0 Å². The van der Waals surface area contributed by atoms with Crippen LogP contribution in [0.15, 0.2) is 54.7 Å². The SMILES string of the molecule is CN1CC=C(c2ccc3[nH]nc(/C(N)=C/N(N)c4ccc(C(=O)N5CCOCC5)cc4)c3c2)CC1. The van der Waals surface area contributed by atoms with Crippen LogP contribution in [0.1, 0.15) is 28.0 Å². The van der Waals surface area contributed by atoms with Gasteiger partial charge in [-0.3, -0.25) is 14.9 Å². The van der Waals surface area contributed by atoms with Crippen molar-refractivity contribution in [2.45, 2.75) is 6.42 Å². The molecule has 2 aromatic carbocycles. The normalized spacial score (nSPS) is 17.5. The van der Waals surface area contributed by atoms with Gasteiger partial charge in [0.1, 0.15) is 5.69 Å². The first-order valence-corrected chi connectivity index (χ1v) is 11.8. The number of fused-ring (bicyclic) bond motifs is 1. The molecular weight excluding hydrogens is 442 g/mol. The third-order valence-electron chi connectivity index (χ3n) is 6.61. The monoisotopic (exact) mass is 473 g/mol. The van der Waals surface area contributed by atoms with Crippen LogP contribution in [0.25, 0.3) is 22.2 Å². The lowest BCUT2D eigenvalue weighted by Gasteiger charge is -2.27. The van der Waals surface area contributed by atoms with Crippen LogP contribution in [-0.2, 0) is 4.74 Å². The zero-order valence-corrected chi connectivity index (χ0v) is 19.9. The first-order valence-electron chi connectivity index (χ1n) is 11.8. The highest BCUT2D eigenvalue weighted by Crippen LogP contribution is 2.28. The molecular formula is C26H31N7O2. The third kappa shape index (κ3) is 4.93. The van der Waals surface area contributed by atoms with Gasteiger partial charge in [0.2, 0.25) is 0 Å². The van der Waals surface area contributed by atoms with E-state index in [2.05, 4.69) is 40.4 Å². The molecule has 182 valence electrons. The van der Waals surface area contributed by atoms with E-state index < -0.39 is 0 Å². The average molecular weight is 474 g/mol. The highest BCUT2D eigenvalue weighted by atomic mass is 16.5. The number of aromatic amines is 1. The van der Waals surface area contributed by atoms with Crippen LogP contribution >= 0.6 is 0 Å². The lowest BCUT2D eigenvalue weighted by Crippen LogP contribution is -2.40. The third-order valence-corrected chi connectivity index (χ3v) is 6.61. The van der Waals surface area contributed by atoms with E-state index in [1.165, 1.54) is 16.1 Å². The largest absolute Gasteiger partial charge is 0.396 e. The van der Waals surface area contributed by atoms with Crippen LogP contribution in [-0.4, -0.2) is 72.3 Å². The molecule has 3 aromatic rings. The summed E-state index contributed by atoms with van der Waals surface area (Å²) in [4.78, 5) is 16.8. The molecule has 1 amide bonds. The number of amides is 1. The van der Waals surface area contributed by atoms with Crippen LogP contribution in [0, 0.1) is 0 Å². The predicted molar refractivity (Wildman–Crippen MR) is 138 cm³/mol. The standard InChI is InChI=1S/C26H31N7O2/c1-31-10-8-18(9-11-31)20-4-7-24-22(16-20)25(30-29-24)23(27)17-33(28)21-5-2-19(3-6-21)26(34)32-12-14-35-15-13-32/h2-8,16-17H,9-15,27-28H2,1H3,(H,29,30)/b23-17-. The van der Waals surface area contributed by atoms with E-state index in [9.17, 15) is 4.79 Å². The van der Waals surface area contributed by atoms with Gasteiger partial charge in [-0.1, -0.05) is 12.1 Å². The zero-order valence-electron chi connectivity index (χ0n) is 19.9. The number of rotatable bonds is 5. The molecule has 0 aliphatic carbocycles. The molecule has 5 rings (SSSR count). The number of hydrazine groups is 1. The molecule has 35 heavy (non-hydrogen) atoms. The van der Waals surface area contributed by atoms with E-state index in [0.29, 0.717) is 48.9 Å². The zero-order chi connectivity index (χ0) is 24.4. The van der Waals surface area contributed by atoms with Gasteiger partial charge < -0.3 is 20.3 Å². The van der Waals surface area contributed by atoms with Crippen molar-refractivity contribution in [1.29, 1.82) is 0 Å². The Morgan fingerprint density at radius 1 is 1.14 bits per heavy atom. The number of benzene rings is 2. The Bertz CT molecular complexity index is 1270. The highest BCUT2D eigenvalue weighted by molar-refractivity contribution is 5.95. The molecule has 1 saturated heterocycles. The van der Waals surface area contributed by atoms with Crippen molar-refractivity contribution in [2.75, 3.05) is 51.4 Å². The van der Waals surface area contributed by atoms with Crippen LogP contribution in [0.5, 0.6) is 0 Å². The minimum absolute atomic E-state index is 0.00278. The fourth-order valence-corrected chi connectivity index (χ4v) is 4.48. The number of nitrogens with zero attached hydrogens (tertiary/aromatic N) is 4. The molecule has 1 aromatic heterocycles. The van der Waals surface area contributed by atoms with Crippen molar-refractivity contribution in [3.05, 3.63) is 71.6 Å². The van der Waals surface area contributed by atoms with E-state index in [0.717, 1.165) is 30.4 Å². The maximum Gasteiger partial charge on any atom is 0.254 e. The molecule has 2 aliphatic heterocycles. The molecule has 0 bridgehead atoms. The number of hydrogen-bond donors (Lipinski definition) is 3. The van der Waals surface area contributed by atoms with E-state index in [1.54, 1.807) is 23.2 Å². The second-order valence-corrected chi connectivity index (χ2v) is 9.02. The van der Waals surface area contributed by atoms with E-state index >= 15 is 0 Å². The van der Waals surface area contributed by atoms with Crippen LogP contribution in [0.4, 0.5) is 5.69 Å². The summed E-state index contributed by atoms with van der Waals surface area (Å²) < 4.78 is 5.32. The number of hydrogen-bond acceptors (Lipinski definition) is 7. The molecule has 3 heterocycles. The molecule has 0 saturated carbocycles. The van der Waals surface area contributed by atoms with Gasteiger partial charge in [-0.05, 0) is 61.0 Å². The van der Waals surface area contributed by atoms with Gasteiger partial charge in [-0.25, -0.2) is 5.84 Å². The summed E-state index contributed by atoms with van der Waals surface area (Å²) in [5.41, 5.74) is 12.3. The summed E-state index contributed by atoms with van der Waals surface area (Å²) in [7, 11) is 2.13. The van der Waals surface area contributed by atoms with Crippen molar-refractivity contribution >= 4 is 33.8 Å².